The van der Waals surface area contributed by atoms with Crippen LogP contribution in [0.1, 0.15) is 367 Å². The first-order valence-corrected chi connectivity index (χ1v) is 38.5. The highest BCUT2D eigenvalue weighted by atomic mass is 31.2. The van der Waals surface area contributed by atoms with E-state index in [2.05, 4.69) is 68.6 Å². The molecule has 0 saturated carbocycles. The van der Waals surface area contributed by atoms with Gasteiger partial charge in [-0.3, -0.25) is 18.6 Å². The number of phosphoric ester groups is 1. The Morgan fingerprint density at radius 3 is 1.09 bits per heavy atom. The minimum atomic E-state index is -4.45. The number of phosphoric acid groups is 1. The predicted octanol–water partition coefficient (Wildman–Crippen LogP) is 23.6. The molecule has 0 aliphatic carbocycles. The van der Waals surface area contributed by atoms with Crippen molar-refractivity contribution < 1.29 is 37.3 Å². The summed E-state index contributed by atoms with van der Waals surface area (Å²) in [6.45, 7) is 7.05. The van der Waals surface area contributed by atoms with Crippen LogP contribution in [0.25, 0.3) is 0 Å². The maximum atomic E-state index is 13.6. The zero-order chi connectivity index (χ0) is 62.1. The lowest BCUT2D eigenvalue weighted by Crippen LogP contribution is -2.47. The van der Waals surface area contributed by atoms with Crippen molar-refractivity contribution in [3.05, 3.63) is 48.6 Å². The maximum absolute atomic E-state index is 13.6. The molecular formula is C75H144N2O7P+. The predicted molar refractivity (Wildman–Crippen MR) is 369 cm³/mol. The number of unbranched alkanes of at least 4 members (excludes halogenated alkanes) is 46. The summed E-state index contributed by atoms with van der Waals surface area (Å²) in [5.74, 6) is -0.487. The minimum absolute atomic E-state index is 0.0422. The van der Waals surface area contributed by atoms with Crippen molar-refractivity contribution >= 4 is 19.7 Å². The van der Waals surface area contributed by atoms with Crippen LogP contribution in [-0.2, 0) is 27.9 Å². The number of allylic oxidation sites excluding steroid dienone is 7. The van der Waals surface area contributed by atoms with Crippen LogP contribution in [0.5, 0.6) is 0 Å². The van der Waals surface area contributed by atoms with Gasteiger partial charge in [-0.05, 0) is 70.3 Å². The average Bonchev–Trinajstić information content (AvgIpc) is 3.48. The Bertz CT molecular complexity index is 1590. The Labute approximate surface area is 529 Å². The fraction of sp³-hybridized carbons (Fsp3) is 0.867. The van der Waals surface area contributed by atoms with Crippen LogP contribution in [0.15, 0.2) is 48.6 Å². The maximum Gasteiger partial charge on any atom is 0.472 e. The first kappa shape index (κ1) is 83.0. The Hall–Kier alpha value is -2.03. The summed E-state index contributed by atoms with van der Waals surface area (Å²) in [6.07, 6.45) is 82.6. The van der Waals surface area contributed by atoms with Crippen molar-refractivity contribution in [2.45, 2.75) is 380 Å². The number of ether oxygens (including phenoxy) is 1. The van der Waals surface area contributed by atoms with Gasteiger partial charge < -0.3 is 19.4 Å². The molecule has 0 aliphatic heterocycles. The number of carbonyl (C=O) groups excluding carboxylic acids is 2. The van der Waals surface area contributed by atoms with Gasteiger partial charge in [0.1, 0.15) is 19.3 Å². The van der Waals surface area contributed by atoms with Gasteiger partial charge in [0.15, 0.2) is 0 Å². The molecule has 500 valence electrons. The summed E-state index contributed by atoms with van der Waals surface area (Å²) in [5, 5.41) is 3.08. The van der Waals surface area contributed by atoms with Gasteiger partial charge in [-0.2, -0.15) is 0 Å². The molecule has 0 bridgehead atoms. The molecule has 0 rings (SSSR count). The highest BCUT2D eigenvalue weighted by Gasteiger charge is 2.30. The Kier molecular flexibility index (Phi) is 63.4. The number of hydrogen-bond acceptors (Lipinski definition) is 6. The molecule has 0 aromatic heterocycles. The number of esters is 1. The lowest BCUT2D eigenvalue weighted by atomic mass is 10.0. The van der Waals surface area contributed by atoms with Crippen LogP contribution >= 0.6 is 7.82 Å². The molecule has 1 amide bonds. The van der Waals surface area contributed by atoms with E-state index < -0.39 is 20.0 Å². The Morgan fingerprint density at radius 2 is 0.718 bits per heavy atom. The second-order valence-corrected chi connectivity index (χ2v) is 27.9. The highest BCUT2D eigenvalue weighted by molar-refractivity contribution is 7.47. The number of hydrogen-bond donors (Lipinski definition) is 2. The molecule has 10 heteroatoms. The first-order chi connectivity index (χ1) is 41.4. The summed E-state index contributed by atoms with van der Waals surface area (Å²) in [5.41, 5.74) is 0. The van der Waals surface area contributed by atoms with Gasteiger partial charge in [0, 0.05) is 12.8 Å². The monoisotopic (exact) mass is 1220 g/mol. The van der Waals surface area contributed by atoms with E-state index in [4.69, 9.17) is 13.8 Å². The lowest BCUT2D eigenvalue weighted by Gasteiger charge is -2.27. The summed E-state index contributed by atoms with van der Waals surface area (Å²) in [7, 11) is 1.51. The third kappa shape index (κ3) is 66.2. The van der Waals surface area contributed by atoms with E-state index in [-0.39, 0.29) is 25.1 Å². The lowest BCUT2D eigenvalue weighted by molar-refractivity contribution is -0.870. The second kappa shape index (κ2) is 64.9. The quantitative estimate of drug-likeness (QED) is 0.0205. The Balaban J connectivity index is 5.05. The summed E-state index contributed by atoms with van der Waals surface area (Å²) >= 11 is 0. The summed E-state index contributed by atoms with van der Waals surface area (Å²) in [4.78, 5) is 38.0. The van der Waals surface area contributed by atoms with E-state index in [0.717, 1.165) is 70.6 Å². The molecule has 0 aliphatic rings. The zero-order valence-electron chi connectivity index (χ0n) is 57.4. The summed E-state index contributed by atoms with van der Waals surface area (Å²) < 4.78 is 30.9. The van der Waals surface area contributed by atoms with Crippen LogP contribution in [-0.4, -0.2) is 74.3 Å². The molecule has 0 fully saturated rings. The number of nitrogens with one attached hydrogen (secondary N) is 1. The fourth-order valence-electron chi connectivity index (χ4n) is 11.1. The van der Waals surface area contributed by atoms with Crippen LogP contribution in [0.4, 0.5) is 0 Å². The molecule has 0 radical (unpaired) electrons. The van der Waals surface area contributed by atoms with Crippen molar-refractivity contribution in [2.24, 2.45) is 0 Å². The van der Waals surface area contributed by atoms with Gasteiger partial charge in [-0.1, -0.05) is 333 Å². The molecule has 0 spiro atoms. The van der Waals surface area contributed by atoms with Crippen LogP contribution in [0, 0.1) is 0 Å². The van der Waals surface area contributed by atoms with Gasteiger partial charge in [0.25, 0.3) is 0 Å². The van der Waals surface area contributed by atoms with Crippen LogP contribution < -0.4 is 5.32 Å². The second-order valence-electron chi connectivity index (χ2n) is 26.5. The van der Waals surface area contributed by atoms with Crippen molar-refractivity contribution in [1.29, 1.82) is 0 Å². The molecule has 0 aromatic rings. The SMILES string of the molecule is CCCCC/C=C\C/C=C\C/C=C\CCCCCCCCCCCCCCC(=O)OC(/C=C/CCCCCCCCCCCCC)C(COP(=O)(O)OCC[N+](C)(C)C)NC(=O)CCCCCCCCCCCCCCCCCCCCCCC. The van der Waals surface area contributed by atoms with Crippen molar-refractivity contribution in [2.75, 3.05) is 40.9 Å². The van der Waals surface area contributed by atoms with E-state index in [0.29, 0.717) is 23.9 Å². The normalized spacial score (nSPS) is 13.7. The first-order valence-electron chi connectivity index (χ1n) is 37.0. The van der Waals surface area contributed by atoms with Crippen molar-refractivity contribution in [3.63, 3.8) is 0 Å². The molecule has 9 nitrogen and oxygen atoms in total. The number of likely N-dealkylation sites (N-methyl/N-ethyl adjacent to an activating group) is 1. The van der Waals surface area contributed by atoms with Gasteiger partial charge in [-0.25, -0.2) is 4.57 Å². The number of amides is 1. The molecule has 85 heavy (non-hydrogen) atoms. The zero-order valence-corrected chi connectivity index (χ0v) is 58.3. The fourth-order valence-corrected chi connectivity index (χ4v) is 11.8. The average molecular weight is 1220 g/mol. The van der Waals surface area contributed by atoms with Gasteiger partial charge in [0.05, 0.1) is 33.8 Å². The van der Waals surface area contributed by atoms with Gasteiger partial charge >= 0.3 is 13.8 Å². The molecular weight excluding hydrogens is 1070 g/mol. The number of quaternary nitrogens is 1. The molecule has 3 atom stereocenters. The van der Waals surface area contributed by atoms with E-state index >= 15 is 0 Å². The van der Waals surface area contributed by atoms with Crippen LogP contribution in [0.2, 0.25) is 0 Å². The third-order valence-electron chi connectivity index (χ3n) is 16.8. The molecule has 0 heterocycles. The van der Waals surface area contributed by atoms with E-state index in [1.165, 1.54) is 263 Å². The summed E-state index contributed by atoms with van der Waals surface area (Å²) in [6, 6.07) is -0.847. The van der Waals surface area contributed by atoms with Gasteiger partial charge in [0.2, 0.25) is 5.91 Å². The van der Waals surface area contributed by atoms with Crippen molar-refractivity contribution in [3.8, 4) is 0 Å². The van der Waals surface area contributed by atoms with E-state index in [9.17, 15) is 19.0 Å². The minimum Gasteiger partial charge on any atom is -0.456 e. The van der Waals surface area contributed by atoms with E-state index in [1.54, 1.807) is 0 Å². The topological polar surface area (TPSA) is 111 Å². The number of rotatable bonds is 68. The third-order valence-corrected chi connectivity index (χ3v) is 17.8. The smallest absolute Gasteiger partial charge is 0.456 e. The molecule has 0 saturated heterocycles. The van der Waals surface area contributed by atoms with Gasteiger partial charge in [-0.15, -0.1) is 0 Å². The van der Waals surface area contributed by atoms with Crippen LogP contribution in [0.3, 0.4) is 0 Å². The highest BCUT2D eigenvalue weighted by Crippen LogP contribution is 2.43. The van der Waals surface area contributed by atoms with Crippen molar-refractivity contribution in [1.82, 2.24) is 5.32 Å². The van der Waals surface area contributed by atoms with E-state index in [1.807, 2.05) is 27.2 Å². The largest absolute Gasteiger partial charge is 0.472 e. The Morgan fingerprint density at radius 1 is 0.412 bits per heavy atom. The molecule has 3 unspecified atom stereocenters. The molecule has 0 aromatic carbocycles. The number of nitrogens with zero attached hydrogens (tertiary/aromatic N) is 1. The molecule has 2 N–H and O–H groups in total. The number of carbonyl (C=O) groups is 2. The standard InChI is InChI=1S/C75H143N2O7P/c1-7-10-13-16-19-22-25-28-30-32-34-36-37-38-39-41-43-45-47-50-53-56-59-62-65-68-75(79)84-73(66-63-60-57-54-51-48-27-24-21-18-15-12-9-3)72(71-83-85(80,81)82-70-69-77(4,5)6)76-74(78)67-64-61-58-55-52-49-46-44-42-40-35-33-31-29-26-23-20-17-14-11-8-2/h19,22,28,30,34,36,63,66,72-73H,7-18,20-21,23-27,29,31-33,35,37-62,64-65,67-71H2,1-6H3,(H-,76,78,80,81)/p+1/b22-19-,30-28-,36-34-,66-63+.